The lowest BCUT2D eigenvalue weighted by molar-refractivity contribution is -0.132. The van der Waals surface area contributed by atoms with Crippen molar-refractivity contribution in [2.45, 2.75) is 32.0 Å². The highest BCUT2D eigenvalue weighted by Gasteiger charge is 2.32. The van der Waals surface area contributed by atoms with Crippen LogP contribution in [0.15, 0.2) is 56.6 Å². The highest BCUT2D eigenvalue weighted by Crippen LogP contribution is 2.24. The third kappa shape index (κ3) is 2.84. The Morgan fingerprint density at radius 2 is 2.13 bits per heavy atom. The van der Waals surface area contributed by atoms with Gasteiger partial charge in [0.15, 0.2) is 11.6 Å². The Morgan fingerprint density at radius 3 is 2.74 bits per heavy atom. The van der Waals surface area contributed by atoms with Crippen LogP contribution in [-0.2, 0) is 4.79 Å². The van der Waals surface area contributed by atoms with Crippen molar-refractivity contribution in [3.63, 3.8) is 0 Å². The highest BCUT2D eigenvalue weighted by molar-refractivity contribution is 6.47. The Hall–Kier alpha value is -2.63. The van der Waals surface area contributed by atoms with Crippen LogP contribution in [0.4, 0.5) is 0 Å². The Kier molecular flexibility index (Phi) is 3.90. The molecule has 3 rings (SSSR count). The summed E-state index contributed by atoms with van der Waals surface area (Å²) in [6.07, 6.45) is 6.63. The van der Waals surface area contributed by atoms with E-state index in [1.165, 1.54) is 0 Å². The van der Waals surface area contributed by atoms with E-state index in [1.807, 2.05) is 24.1 Å². The molecule has 1 aromatic heterocycles. The van der Waals surface area contributed by atoms with Gasteiger partial charge >= 0.3 is 5.97 Å². The van der Waals surface area contributed by atoms with Gasteiger partial charge in [-0.3, -0.25) is 9.98 Å². The lowest BCUT2D eigenvalue weighted by Crippen LogP contribution is -2.44. The van der Waals surface area contributed by atoms with Gasteiger partial charge in [-0.2, -0.15) is 0 Å². The second kappa shape index (κ2) is 5.87. The van der Waals surface area contributed by atoms with Crippen LogP contribution in [-0.4, -0.2) is 52.7 Å². The lowest BCUT2D eigenvalue weighted by atomic mass is 9.96. The van der Waals surface area contributed by atoms with Crippen LogP contribution in [0, 0.1) is 0 Å². The van der Waals surface area contributed by atoms with E-state index < -0.39 is 5.97 Å². The fourth-order valence-corrected chi connectivity index (χ4v) is 2.53. The molecule has 1 aromatic rings. The number of carboxylic acid groups (broad SMARTS) is 1. The number of amidine groups is 1. The van der Waals surface area contributed by atoms with Crippen molar-refractivity contribution < 1.29 is 14.3 Å². The summed E-state index contributed by atoms with van der Waals surface area (Å²) < 4.78 is 5.50. The molecule has 0 saturated carbocycles. The summed E-state index contributed by atoms with van der Waals surface area (Å²) in [6, 6.07) is 3.39. The number of aliphatic carboxylic acids is 1. The first-order valence-electron chi connectivity index (χ1n) is 7.53. The standard InChI is InChI=1S/C17H19N3O3/c1-10(2)20(3)16-15(14-5-4-8-23-14)18-12-7-6-11(17(21)22)9-13(12)19-16/h4-10,12-13H,1-3H3,(H,21,22)/t12-,13?/m1/s1. The zero-order valence-corrected chi connectivity index (χ0v) is 13.3. The number of carboxylic acids is 1. The molecule has 0 amide bonds. The molecule has 1 aliphatic carbocycles. The van der Waals surface area contributed by atoms with E-state index in [0.29, 0.717) is 17.3 Å². The van der Waals surface area contributed by atoms with Gasteiger partial charge in [0.2, 0.25) is 0 Å². The Morgan fingerprint density at radius 1 is 1.35 bits per heavy atom. The van der Waals surface area contributed by atoms with E-state index in [9.17, 15) is 4.79 Å². The molecule has 1 aliphatic heterocycles. The quantitative estimate of drug-likeness (QED) is 0.927. The minimum absolute atomic E-state index is 0.206. The van der Waals surface area contributed by atoms with Crippen LogP contribution in [0.25, 0.3) is 0 Å². The van der Waals surface area contributed by atoms with E-state index >= 15 is 0 Å². The number of nitrogens with zero attached hydrogens (tertiary/aromatic N) is 3. The number of carbonyl (C=O) groups is 1. The topological polar surface area (TPSA) is 78.4 Å². The maximum Gasteiger partial charge on any atom is 0.335 e. The molecule has 6 nitrogen and oxygen atoms in total. The zero-order chi connectivity index (χ0) is 16.6. The number of likely N-dealkylation sites (N-methyl/N-ethyl adjacent to an activating group) is 1. The first-order chi connectivity index (χ1) is 11.0. The van der Waals surface area contributed by atoms with Gasteiger partial charge in [-0.1, -0.05) is 6.08 Å². The average Bonchev–Trinajstić information content (AvgIpc) is 3.06. The molecule has 0 spiro atoms. The number of fused-ring (bicyclic) bond motifs is 1. The lowest BCUT2D eigenvalue weighted by Gasteiger charge is -2.32. The first kappa shape index (κ1) is 15.3. The second-order valence-electron chi connectivity index (χ2n) is 5.88. The number of aliphatic imine (C=N–C) groups is 2. The molecule has 0 radical (unpaired) electrons. The van der Waals surface area contributed by atoms with Crippen molar-refractivity contribution in [2.24, 2.45) is 9.98 Å². The van der Waals surface area contributed by atoms with Gasteiger partial charge in [-0.15, -0.1) is 0 Å². The van der Waals surface area contributed by atoms with Crippen LogP contribution < -0.4 is 0 Å². The summed E-state index contributed by atoms with van der Waals surface area (Å²) >= 11 is 0. The van der Waals surface area contributed by atoms with E-state index in [4.69, 9.17) is 19.5 Å². The van der Waals surface area contributed by atoms with Crippen molar-refractivity contribution in [2.75, 3.05) is 7.05 Å². The second-order valence-corrected chi connectivity index (χ2v) is 5.88. The van der Waals surface area contributed by atoms with Crippen molar-refractivity contribution in [3.8, 4) is 0 Å². The number of hydrogen-bond donors (Lipinski definition) is 1. The highest BCUT2D eigenvalue weighted by atomic mass is 16.4. The van der Waals surface area contributed by atoms with Crippen molar-refractivity contribution in [1.29, 1.82) is 0 Å². The number of furan rings is 1. The van der Waals surface area contributed by atoms with E-state index in [-0.39, 0.29) is 23.7 Å². The molecule has 0 bridgehead atoms. The summed E-state index contributed by atoms with van der Waals surface area (Å²) in [7, 11) is 1.95. The van der Waals surface area contributed by atoms with Gasteiger partial charge in [0.25, 0.3) is 0 Å². The molecular weight excluding hydrogens is 294 g/mol. The molecular formula is C17H19N3O3. The van der Waals surface area contributed by atoms with Crippen LogP contribution in [0.5, 0.6) is 0 Å². The molecule has 2 aliphatic rings. The summed E-state index contributed by atoms with van der Waals surface area (Å²) in [5.74, 6) is 0.429. The Balaban J connectivity index is 2.04. The van der Waals surface area contributed by atoms with Gasteiger partial charge in [0.1, 0.15) is 5.71 Å². The molecule has 120 valence electrons. The molecule has 23 heavy (non-hydrogen) atoms. The predicted molar refractivity (Wildman–Crippen MR) is 88.0 cm³/mol. The molecule has 0 saturated heterocycles. The fraction of sp³-hybridized carbons (Fsp3) is 0.353. The van der Waals surface area contributed by atoms with E-state index in [2.05, 4.69) is 13.8 Å². The number of hydrogen-bond acceptors (Lipinski definition) is 5. The molecule has 0 aromatic carbocycles. The monoisotopic (exact) mass is 313 g/mol. The zero-order valence-electron chi connectivity index (χ0n) is 13.3. The van der Waals surface area contributed by atoms with Gasteiger partial charge in [0, 0.05) is 13.1 Å². The summed E-state index contributed by atoms with van der Waals surface area (Å²) in [4.78, 5) is 22.7. The summed E-state index contributed by atoms with van der Waals surface area (Å²) in [5, 5.41) is 9.16. The summed E-state index contributed by atoms with van der Waals surface area (Å²) in [6.45, 7) is 4.13. The third-order valence-corrected chi connectivity index (χ3v) is 4.04. The third-order valence-electron chi connectivity index (χ3n) is 4.04. The van der Waals surface area contributed by atoms with E-state index in [0.717, 1.165) is 0 Å². The molecule has 0 fully saturated rings. The summed E-state index contributed by atoms with van der Waals surface area (Å²) in [5.41, 5.74) is 0.947. The van der Waals surface area contributed by atoms with Gasteiger partial charge in [0.05, 0.1) is 23.9 Å². The molecule has 6 heteroatoms. The largest absolute Gasteiger partial charge is 0.478 e. The van der Waals surface area contributed by atoms with E-state index in [1.54, 1.807) is 24.5 Å². The maximum absolute atomic E-state index is 11.2. The normalized spacial score (nSPS) is 23.0. The molecule has 1 N–H and O–H groups in total. The van der Waals surface area contributed by atoms with Crippen LogP contribution >= 0.6 is 0 Å². The SMILES string of the molecule is CC(C)N(C)C1=NC2C=C(C(=O)O)C=C[C@H]2N=C1c1ccco1. The predicted octanol–water partition coefficient (Wildman–Crippen LogP) is 2.14. The molecule has 2 heterocycles. The van der Waals surface area contributed by atoms with Crippen molar-refractivity contribution in [1.82, 2.24) is 4.90 Å². The maximum atomic E-state index is 11.2. The smallest absolute Gasteiger partial charge is 0.335 e. The van der Waals surface area contributed by atoms with Gasteiger partial charge in [-0.25, -0.2) is 4.79 Å². The first-order valence-corrected chi connectivity index (χ1v) is 7.53. The minimum Gasteiger partial charge on any atom is -0.478 e. The van der Waals surface area contributed by atoms with Crippen molar-refractivity contribution in [3.05, 3.63) is 48.0 Å². The van der Waals surface area contributed by atoms with Crippen LogP contribution in [0.1, 0.15) is 19.6 Å². The van der Waals surface area contributed by atoms with Crippen molar-refractivity contribution >= 4 is 17.5 Å². The van der Waals surface area contributed by atoms with Gasteiger partial charge < -0.3 is 14.4 Å². The van der Waals surface area contributed by atoms with Crippen LogP contribution in [0.2, 0.25) is 0 Å². The molecule has 2 atom stereocenters. The van der Waals surface area contributed by atoms with Crippen LogP contribution in [0.3, 0.4) is 0 Å². The minimum atomic E-state index is -0.950. The van der Waals surface area contributed by atoms with Gasteiger partial charge in [-0.05, 0) is 38.1 Å². The Bertz CT molecular complexity index is 726. The average molecular weight is 313 g/mol. The number of rotatable bonds is 3. The fourth-order valence-electron chi connectivity index (χ4n) is 2.53. The Labute approximate surface area is 134 Å². The molecule has 1 unspecified atom stereocenters.